The summed E-state index contributed by atoms with van der Waals surface area (Å²) in [5.41, 5.74) is 1.18. The molecular formula is C21H35N3O3. The van der Waals surface area contributed by atoms with E-state index in [1.54, 1.807) is 25.3 Å². The van der Waals surface area contributed by atoms with Crippen molar-refractivity contribution in [2.75, 3.05) is 30.8 Å². The number of hydrogen-bond donors (Lipinski definition) is 2. The predicted octanol–water partition coefficient (Wildman–Crippen LogP) is 4.27. The van der Waals surface area contributed by atoms with Crippen molar-refractivity contribution in [1.29, 1.82) is 0 Å². The number of rotatable bonds is 12. The number of carbonyl (C=O) groups excluding carboxylic acids is 2. The van der Waals surface area contributed by atoms with Crippen LogP contribution in [0.4, 0.5) is 11.4 Å². The number of ether oxygens (including phenoxy) is 1. The lowest BCUT2D eigenvalue weighted by Crippen LogP contribution is -2.40. The highest BCUT2D eigenvalue weighted by Crippen LogP contribution is 2.28. The van der Waals surface area contributed by atoms with Gasteiger partial charge in [0.25, 0.3) is 0 Å². The predicted molar refractivity (Wildman–Crippen MR) is 111 cm³/mol. The number of methoxy groups -OCH3 is 1. The highest BCUT2D eigenvalue weighted by molar-refractivity contribution is 5.95. The highest BCUT2D eigenvalue weighted by Gasteiger charge is 2.17. The molecule has 2 N–H and O–H groups in total. The van der Waals surface area contributed by atoms with E-state index in [-0.39, 0.29) is 11.8 Å². The summed E-state index contributed by atoms with van der Waals surface area (Å²) in [6.07, 6.45) is 5.60. The van der Waals surface area contributed by atoms with Gasteiger partial charge in [-0.15, -0.1) is 0 Å². The number of amides is 2. The van der Waals surface area contributed by atoms with Crippen LogP contribution in [0.1, 0.15) is 59.8 Å². The third-order valence-electron chi connectivity index (χ3n) is 4.52. The number of hydrogen-bond acceptors (Lipinski definition) is 4. The van der Waals surface area contributed by atoms with Gasteiger partial charge in [0, 0.05) is 18.7 Å². The molecule has 1 aromatic carbocycles. The van der Waals surface area contributed by atoms with Gasteiger partial charge in [-0.1, -0.05) is 33.1 Å². The molecule has 0 spiro atoms. The number of anilines is 2. The molecule has 152 valence electrons. The van der Waals surface area contributed by atoms with E-state index in [1.807, 2.05) is 0 Å². The van der Waals surface area contributed by atoms with Crippen LogP contribution in [0.15, 0.2) is 18.2 Å². The molecule has 0 aliphatic rings. The molecule has 1 aromatic rings. The van der Waals surface area contributed by atoms with E-state index in [1.165, 1.54) is 13.3 Å². The number of nitrogens with one attached hydrogen (secondary N) is 2. The Bertz CT molecular complexity index is 604. The molecule has 0 fully saturated rings. The molecule has 0 saturated carbocycles. The minimum atomic E-state index is -0.159. The summed E-state index contributed by atoms with van der Waals surface area (Å²) in [7, 11) is 1.56. The van der Waals surface area contributed by atoms with Gasteiger partial charge in [-0.3, -0.25) is 14.5 Å². The fourth-order valence-electron chi connectivity index (χ4n) is 3.08. The average molecular weight is 378 g/mol. The highest BCUT2D eigenvalue weighted by atomic mass is 16.5. The van der Waals surface area contributed by atoms with E-state index in [2.05, 4.69) is 36.3 Å². The third-order valence-corrected chi connectivity index (χ3v) is 4.52. The number of nitrogens with zero attached hydrogens (tertiary/aromatic N) is 1. The van der Waals surface area contributed by atoms with E-state index in [0.717, 1.165) is 32.2 Å². The minimum absolute atomic E-state index is 0.0762. The first-order valence-electron chi connectivity index (χ1n) is 9.90. The van der Waals surface area contributed by atoms with Crippen molar-refractivity contribution in [3.8, 4) is 5.75 Å². The van der Waals surface area contributed by atoms with Crippen molar-refractivity contribution in [2.24, 2.45) is 0 Å². The molecule has 6 heteroatoms. The molecule has 0 heterocycles. The summed E-state index contributed by atoms with van der Waals surface area (Å²) in [6.45, 7) is 9.25. The third kappa shape index (κ3) is 8.43. The second-order valence-corrected chi connectivity index (χ2v) is 6.96. The van der Waals surface area contributed by atoms with Crippen molar-refractivity contribution in [3.63, 3.8) is 0 Å². The molecule has 1 atom stereocenters. The summed E-state index contributed by atoms with van der Waals surface area (Å²) < 4.78 is 5.34. The van der Waals surface area contributed by atoms with Crippen molar-refractivity contribution >= 4 is 23.2 Å². The molecule has 2 amide bonds. The average Bonchev–Trinajstić information content (AvgIpc) is 2.61. The van der Waals surface area contributed by atoms with Gasteiger partial charge in [0.05, 0.1) is 19.3 Å². The molecule has 0 aliphatic heterocycles. The van der Waals surface area contributed by atoms with Gasteiger partial charge in [-0.25, -0.2) is 0 Å². The van der Waals surface area contributed by atoms with Crippen LogP contribution < -0.4 is 15.4 Å². The lowest BCUT2D eigenvalue weighted by molar-refractivity contribution is -0.118. The second kappa shape index (κ2) is 12.3. The Labute approximate surface area is 163 Å². The first kappa shape index (κ1) is 23.0. The zero-order chi connectivity index (χ0) is 20.2. The van der Waals surface area contributed by atoms with Crippen LogP contribution in [0, 0.1) is 0 Å². The largest absolute Gasteiger partial charge is 0.495 e. The number of benzene rings is 1. The number of carbonyl (C=O) groups is 2. The Morgan fingerprint density at radius 3 is 2.48 bits per heavy atom. The smallest absolute Gasteiger partial charge is 0.238 e. The zero-order valence-corrected chi connectivity index (χ0v) is 17.4. The molecule has 0 aliphatic carbocycles. The zero-order valence-electron chi connectivity index (χ0n) is 17.4. The minimum Gasteiger partial charge on any atom is -0.495 e. The summed E-state index contributed by atoms with van der Waals surface area (Å²) >= 11 is 0. The topological polar surface area (TPSA) is 70.7 Å². The fourth-order valence-corrected chi connectivity index (χ4v) is 3.08. The molecule has 1 unspecified atom stereocenters. The van der Waals surface area contributed by atoms with Crippen molar-refractivity contribution < 1.29 is 14.3 Å². The lowest BCUT2D eigenvalue weighted by Gasteiger charge is -2.28. The Balaban J connectivity index is 2.82. The van der Waals surface area contributed by atoms with Crippen LogP contribution >= 0.6 is 0 Å². The molecule has 0 bridgehead atoms. The Morgan fingerprint density at radius 2 is 1.89 bits per heavy atom. The van der Waals surface area contributed by atoms with E-state index >= 15 is 0 Å². The Morgan fingerprint density at radius 1 is 1.15 bits per heavy atom. The normalized spacial score (nSPS) is 11.9. The first-order chi connectivity index (χ1) is 12.9. The molecule has 0 saturated heterocycles. The van der Waals surface area contributed by atoms with Crippen molar-refractivity contribution in [2.45, 2.75) is 65.8 Å². The van der Waals surface area contributed by atoms with Crippen molar-refractivity contribution in [1.82, 2.24) is 4.90 Å². The van der Waals surface area contributed by atoms with E-state index in [9.17, 15) is 9.59 Å². The van der Waals surface area contributed by atoms with Gasteiger partial charge in [-0.05, 0) is 44.5 Å². The Hall–Kier alpha value is -2.08. The van der Waals surface area contributed by atoms with Gasteiger partial charge in [0.1, 0.15) is 5.75 Å². The van der Waals surface area contributed by atoms with E-state index < -0.39 is 0 Å². The second-order valence-electron chi connectivity index (χ2n) is 6.96. The van der Waals surface area contributed by atoms with Crippen LogP contribution in [0.3, 0.4) is 0 Å². The molecule has 6 nitrogen and oxygen atoms in total. The van der Waals surface area contributed by atoms with Gasteiger partial charge in [0.2, 0.25) is 11.8 Å². The SMILES string of the molecule is CCCCCN(CC(=O)Nc1cc(NC(C)=O)ccc1OC)C(C)CCC. The van der Waals surface area contributed by atoms with Crippen LogP contribution in [-0.2, 0) is 9.59 Å². The molecule has 0 radical (unpaired) electrons. The van der Waals surface area contributed by atoms with E-state index in [0.29, 0.717) is 29.7 Å². The maximum Gasteiger partial charge on any atom is 0.238 e. The standard InChI is InChI=1S/C21H35N3O3/c1-6-8-9-13-24(16(3)10-7-2)15-21(26)23-19-14-18(22-17(4)25)11-12-20(19)27-5/h11-12,14,16H,6-10,13,15H2,1-5H3,(H,22,25)(H,23,26). The van der Waals surface area contributed by atoms with Crippen LogP contribution in [0.5, 0.6) is 5.75 Å². The summed E-state index contributed by atoms with van der Waals surface area (Å²) in [5, 5.41) is 5.66. The fraction of sp³-hybridized carbons (Fsp3) is 0.619. The first-order valence-corrected chi connectivity index (χ1v) is 9.90. The summed E-state index contributed by atoms with van der Waals surface area (Å²) in [4.78, 5) is 26.2. The molecule has 0 aromatic heterocycles. The van der Waals surface area contributed by atoms with Gasteiger partial charge in [-0.2, -0.15) is 0 Å². The van der Waals surface area contributed by atoms with Crippen LogP contribution in [0.25, 0.3) is 0 Å². The summed E-state index contributed by atoms with van der Waals surface area (Å²) in [6, 6.07) is 5.57. The van der Waals surface area contributed by atoms with Gasteiger partial charge < -0.3 is 15.4 Å². The summed E-state index contributed by atoms with van der Waals surface area (Å²) in [5.74, 6) is 0.331. The lowest BCUT2D eigenvalue weighted by atomic mass is 10.1. The van der Waals surface area contributed by atoms with E-state index in [4.69, 9.17) is 4.74 Å². The van der Waals surface area contributed by atoms with Crippen LogP contribution in [0.2, 0.25) is 0 Å². The van der Waals surface area contributed by atoms with Gasteiger partial charge in [0.15, 0.2) is 0 Å². The molecular weight excluding hydrogens is 342 g/mol. The number of unbranched alkanes of at least 4 members (excludes halogenated alkanes) is 2. The maximum atomic E-state index is 12.7. The van der Waals surface area contributed by atoms with Crippen LogP contribution in [-0.4, -0.2) is 43.0 Å². The molecule has 27 heavy (non-hydrogen) atoms. The maximum absolute atomic E-state index is 12.7. The van der Waals surface area contributed by atoms with Gasteiger partial charge >= 0.3 is 0 Å². The monoisotopic (exact) mass is 377 g/mol. The van der Waals surface area contributed by atoms with Crippen molar-refractivity contribution in [3.05, 3.63) is 18.2 Å². The Kier molecular flexibility index (Phi) is 10.5. The quantitative estimate of drug-likeness (QED) is 0.534. The molecule has 1 rings (SSSR count).